The summed E-state index contributed by atoms with van der Waals surface area (Å²) in [6.45, 7) is 2.77. The Labute approximate surface area is 139 Å². The van der Waals surface area contributed by atoms with E-state index >= 15 is 0 Å². The number of fused-ring (bicyclic) bond motifs is 1. The van der Waals surface area contributed by atoms with Gasteiger partial charge in [0.15, 0.2) is 5.58 Å². The highest BCUT2D eigenvalue weighted by Gasteiger charge is 2.59. The fraction of sp³-hybridized carbons (Fsp3) is 0.529. The van der Waals surface area contributed by atoms with Crippen LogP contribution in [-0.4, -0.2) is 29.6 Å². The largest absolute Gasteiger partial charge is 0.429 e. The average molecular weight is 332 g/mol. The highest BCUT2D eigenvalue weighted by atomic mass is 32.1. The molecule has 1 heterocycles. The van der Waals surface area contributed by atoms with Crippen LogP contribution in [0.2, 0.25) is 0 Å². The van der Waals surface area contributed by atoms with Gasteiger partial charge < -0.3 is 19.5 Å². The van der Waals surface area contributed by atoms with E-state index in [0.29, 0.717) is 22.1 Å². The first-order chi connectivity index (χ1) is 11.1. The molecule has 0 aliphatic heterocycles. The number of benzene rings is 1. The summed E-state index contributed by atoms with van der Waals surface area (Å²) in [5.41, 5.74) is 2.19. The molecule has 2 aliphatic rings. The molecule has 0 radical (unpaired) electrons. The number of oxazole rings is 1. The van der Waals surface area contributed by atoms with E-state index < -0.39 is 0 Å². The van der Waals surface area contributed by atoms with Gasteiger partial charge >= 0.3 is 0 Å². The van der Waals surface area contributed by atoms with Crippen LogP contribution < -0.4 is 5.32 Å². The predicted octanol–water partition coefficient (Wildman–Crippen LogP) is 3.57. The number of aromatic nitrogens is 1. The van der Waals surface area contributed by atoms with Crippen molar-refractivity contribution in [1.82, 2.24) is 10.3 Å². The van der Waals surface area contributed by atoms with Crippen LogP contribution in [0.15, 0.2) is 22.6 Å². The highest BCUT2D eigenvalue weighted by Crippen LogP contribution is 2.57. The van der Waals surface area contributed by atoms with Crippen LogP contribution in [0.3, 0.4) is 0 Å². The number of rotatable bonds is 4. The van der Waals surface area contributed by atoms with Crippen molar-refractivity contribution < 1.29 is 13.9 Å². The van der Waals surface area contributed by atoms with Gasteiger partial charge in [-0.25, -0.2) is 0 Å². The Morgan fingerprint density at radius 1 is 1.52 bits per heavy atom. The third-order valence-electron chi connectivity index (χ3n) is 5.43. The number of hydrogen-bond acceptors (Lipinski definition) is 4. The number of carbonyl (C=O) groups excluding carboxylic acids is 1. The third-order valence-corrected chi connectivity index (χ3v) is 5.61. The maximum absolute atomic E-state index is 12.6. The molecule has 0 saturated heterocycles. The van der Waals surface area contributed by atoms with E-state index in [1.54, 1.807) is 12.1 Å². The first-order valence-corrected chi connectivity index (χ1v) is 8.58. The van der Waals surface area contributed by atoms with Gasteiger partial charge in [-0.3, -0.25) is 4.79 Å². The number of carbonyl (C=O) groups is 1. The molecule has 2 fully saturated rings. The number of nitrogens with one attached hydrogen (secondary N) is 2. The van der Waals surface area contributed by atoms with E-state index in [2.05, 4.69) is 10.3 Å². The van der Waals surface area contributed by atoms with Crippen LogP contribution >= 0.6 is 12.2 Å². The van der Waals surface area contributed by atoms with Crippen LogP contribution in [0.1, 0.15) is 43.0 Å². The van der Waals surface area contributed by atoms with E-state index in [1.165, 1.54) is 6.42 Å². The Morgan fingerprint density at radius 3 is 3.04 bits per heavy atom. The van der Waals surface area contributed by atoms with E-state index in [9.17, 15) is 4.79 Å². The first-order valence-electron chi connectivity index (χ1n) is 8.18. The van der Waals surface area contributed by atoms with Crippen LogP contribution in [0.25, 0.3) is 11.1 Å². The van der Waals surface area contributed by atoms with Gasteiger partial charge in [0, 0.05) is 23.6 Å². The Kier molecular flexibility index (Phi) is 3.54. The highest BCUT2D eigenvalue weighted by molar-refractivity contribution is 7.71. The average Bonchev–Trinajstić information content (AvgIpc) is 2.83. The topological polar surface area (TPSA) is 67.3 Å². The summed E-state index contributed by atoms with van der Waals surface area (Å²) < 4.78 is 11.2. The fourth-order valence-corrected chi connectivity index (χ4v) is 4.17. The summed E-state index contributed by atoms with van der Waals surface area (Å²) >= 11 is 4.97. The number of ether oxygens (including phenoxy) is 1. The lowest BCUT2D eigenvalue weighted by molar-refractivity contribution is -0.169. The van der Waals surface area contributed by atoms with Crippen molar-refractivity contribution in [2.24, 2.45) is 5.41 Å². The number of hydrogen-bond donors (Lipinski definition) is 2. The smallest absolute Gasteiger partial charge is 0.266 e. The van der Waals surface area contributed by atoms with Crippen molar-refractivity contribution in [3.05, 3.63) is 28.6 Å². The normalized spacial score (nSPS) is 25.1. The van der Waals surface area contributed by atoms with Gasteiger partial charge in [-0.05, 0) is 56.6 Å². The van der Waals surface area contributed by atoms with Crippen molar-refractivity contribution in [2.45, 2.75) is 44.8 Å². The summed E-state index contributed by atoms with van der Waals surface area (Å²) in [6, 6.07) is 5.58. The van der Waals surface area contributed by atoms with Crippen LogP contribution in [0.5, 0.6) is 0 Å². The fourth-order valence-electron chi connectivity index (χ4n) is 3.97. The molecule has 2 N–H and O–H groups in total. The van der Waals surface area contributed by atoms with Gasteiger partial charge in [0.2, 0.25) is 0 Å². The summed E-state index contributed by atoms with van der Waals surface area (Å²) in [6.07, 6.45) is 4.73. The van der Waals surface area contributed by atoms with Gasteiger partial charge in [0.25, 0.3) is 10.7 Å². The minimum atomic E-state index is -0.0551. The molecule has 1 spiro atoms. The standard InChI is InChI=1S/C17H20N2O3S/c1-2-21-14-9-13(17(14)6-3-7-17)19-15(20)10-4-5-11-12(8-10)22-16(23)18-11/h4-5,8,13-14H,2-3,6-7,9H2,1H3,(H,18,23)(H,19,20)/t13-,14-/m0/s1. The maximum Gasteiger partial charge on any atom is 0.266 e. The number of aromatic amines is 1. The molecule has 0 bridgehead atoms. The lowest BCUT2D eigenvalue weighted by atomic mass is 9.51. The molecule has 5 nitrogen and oxygen atoms in total. The van der Waals surface area contributed by atoms with Gasteiger partial charge in [0.05, 0.1) is 11.6 Å². The molecule has 1 aromatic heterocycles. The molecule has 2 atom stereocenters. The number of amides is 1. The second-order valence-electron chi connectivity index (χ2n) is 6.52. The zero-order valence-electron chi connectivity index (χ0n) is 13.1. The van der Waals surface area contributed by atoms with Crippen molar-refractivity contribution in [3.8, 4) is 0 Å². The first kappa shape index (κ1) is 14.9. The minimum Gasteiger partial charge on any atom is -0.429 e. The zero-order chi connectivity index (χ0) is 16.0. The van der Waals surface area contributed by atoms with Gasteiger partial charge in [-0.2, -0.15) is 0 Å². The monoisotopic (exact) mass is 332 g/mol. The quantitative estimate of drug-likeness (QED) is 0.840. The van der Waals surface area contributed by atoms with Gasteiger partial charge in [0.1, 0.15) is 0 Å². The molecule has 23 heavy (non-hydrogen) atoms. The molecular weight excluding hydrogens is 312 g/mol. The van der Waals surface area contributed by atoms with Gasteiger partial charge in [-0.15, -0.1) is 0 Å². The lowest BCUT2D eigenvalue weighted by Crippen LogP contribution is -2.67. The Hall–Kier alpha value is -1.66. The molecule has 4 rings (SSSR count). The maximum atomic E-state index is 12.6. The van der Waals surface area contributed by atoms with Crippen LogP contribution in [-0.2, 0) is 4.74 Å². The Balaban J connectivity index is 1.50. The second-order valence-corrected chi connectivity index (χ2v) is 6.89. The van der Waals surface area contributed by atoms with E-state index in [0.717, 1.165) is 31.4 Å². The predicted molar refractivity (Wildman–Crippen MR) is 89.0 cm³/mol. The van der Waals surface area contributed by atoms with Crippen molar-refractivity contribution in [3.63, 3.8) is 0 Å². The zero-order valence-corrected chi connectivity index (χ0v) is 13.9. The summed E-state index contributed by atoms with van der Waals surface area (Å²) in [5, 5.41) is 3.19. The number of H-pyrrole nitrogens is 1. The molecule has 2 aromatic rings. The van der Waals surface area contributed by atoms with Crippen molar-refractivity contribution >= 4 is 29.2 Å². The Bertz CT molecular complexity index is 806. The van der Waals surface area contributed by atoms with Crippen LogP contribution in [0.4, 0.5) is 0 Å². The summed E-state index contributed by atoms with van der Waals surface area (Å²) in [5.74, 6) is -0.0551. The van der Waals surface area contributed by atoms with Gasteiger partial charge in [-0.1, -0.05) is 6.42 Å². The molecule has 1 amide bonds. The SMILES string of the molecule is CCO[C@H]1C[C@H](NC(=O)c2ccc3[nH]c(=S)oc3c2)C12CCC2. The molecule has 6 heteroatoms. The van der Waals surface area contributed by atoms with E-state index in [4.69, 9.17) is 21.4 Å². The Morgan fingerprint density at radius 2 is 2.35 bits per heavy atom. The van der Waals surface area contributed by atoms with E-state index in [1.807, 2.05) is 13.0 Å². The second kappa shape index (κ2) is 5.46. The molecule has 1 aromatic carbocycles. The van der Waals surface area contributed by atoms with Crippen molar-refractivity contribution in [1.29, 1.82) is 0 Å². The molecule has 2 saturated carbocycles. The lowest BCUT2D eigenvalue weighted by Gasteiger charge is -2.61. The van der Waals surface area contributed by atoms with E-state index in [-0.39, 0.29) is 17.4 Å². The molecule has 0 unspecified atom stereocenters. The molecule has 2 aliphatic carbocycles. The van der Waals surface area contributed by atoms with Crippen molar-refractivity contribution in [2.75, 3.05) is 6.61 Å². The molecular formula is C17H20N2O3S. The van der Waals surface area contributed by atoms with Crippen LogP contribution in [0, 0.1) is 10.3 Å². The third kappa shape index (κ3) is 2.32. The summed E-state index contributed by atoms with van der Waals surface area (Å²) in [7, 11) is 0. The minimum absolute atomic E-state index is 0.0551. The summed E-state index contributed by atoms with van der Waals surface area (Å²) in [4.78, 5) is 15.8. The molecule has 122 valence electrons.